The number of nitrogens with one attached hydrogen (secondary N) is 1. The summed E-state index contributed by atoms with van der Waals surface area (Å²) in [5.74, 6) is -1.20. The number of phosphoric ester groups is 1. The molecule has 0 radical (unpaired) electrons. The third-order valence-electron chi connectivity index (χ3n) is 4.46. The Labute approximate surface area is 173 Å². The molecule has 2 fully saturated rings. The van der Waals surface area contributed by atoms with Gasteiger partial charge in [-0.2, -0.15) is 9.29 Å². The van der Waals surface area contributed by atoms with Gasteiger partial charge in [-0.15, -0.1) is 0 Å². The van der Waals surface area contributed by atoms with Crippen LogP contribution >= 0.6 is 15.6 Å². The van der Waals surface area contributed by atoms with Crippen molar-refractivity contribution < 1.29 is 46.9 Å². The van der Waals surface area contributed by atoms with Gasteiger partial charge in [-0.1, -0.05) is 0 Å². The van der Waals surface area contributed by atoms with Crippen molar-refractivity contribution in [3.63, 3.8) is 0 Å². The van der Waals surface area contributed by atoms with E-state index in [4.69, 9.17) is 29.7 Å². The maximum absolute atomic E-state index is 12.0. The van der Waals surface area contributed by atoms with Crippen molar-refractivity contribution in [3.8, 4) is 0 Å². The first-order valence-electron chi connectivity index (χ1n) is 8.72. The molecule has 2 aromatic heterocycles. The molecule has 5 unspecified atom stereocenters. The Bertz CT molecular complexity index is 1160. The molecule has 2 aromatic rings. The summed E-state index contributed by atoms with van der Waals surface area (Å²) >= 11 is 0. The van der Waals surface area contributed by atoms with E-state index in [0.717, 1.165) is 0 Å². The van der Waals surface area contributed by atoms with Crippen LogP contribution in [0.4, 0.5) is 5.95 Å². The summed E-state index contributed by atoms with van der Waals surface area (Å²) in [7, 11) is -10.4. The Kier molecular flexibility index (Phi) is 5.38. The van der Waals surface area contributed by atoms with Gasteiger partial charge in [-0.25, -0.2) is 14.1 Å². The number of nitrogen functional groups attached to an aromatic ring is 1. The molecule has 0 bridgehead atoms. The fourth-order valence-corrected chi connectivity index (χ4v) is 5.07. The van der Waals surface area contributed by atoms with Gasteiger partial charge in [0.2, 0.25) is 5.95 Å². The molecule has 0 aromatic carbocycles. The third-order valence-corrected chi connectivity index (χ3v) is 6.61. The highest BCUT2D eigenvalue weighted by molar-refractivity contribution is 7.60. The van der Waals surface area contributed by atoms with Gasteiger partial charge < -0.3 is 34.6 Å². The van der Waals surface area contributed by atoms with Gasteiger partial charge in [-0.3, -0.25) is 18.9 Å². The molecule has 16 nitrogen and oxygen atoms in total. The first kappa shape index (κ1) is 22.5. The molecular formula is C13H19N5O11P2. The van der Waals surface area contributed by atoms with E-state index in [2.05, 4.69) is 23.8 Å². The van der Waals surface area contributed by atoms with Crippen molar-refractivity contribution in [2.75, 3.05) is 12.3 Å². The molecule has 31 heavy (non-hydrogen) atoms. The summed E-state index contributed by atoms with van der Waals surface area (Å²) in [4.78, 5) is 49.4. The van der Waals surface area contributed by atoms with Crippen LogP contribution in [0.5, 0.6) is 0 Å². The topological polar surface area (TPSA) is 231 Å². The van der Waals surface area contributed by atoms with E-state index >= 15 is 0 Å². The predicted octanol–water partition coefficient (Wildman–Crippen LogP) is -0.654. The molecular weight excluding hydrogens is 464 g/mol. The molecule has 0 saturated carbocycles. The second kappa shape index (κ2) is 7.42. The van der Waals surface area contributed by atoms with E-state index in [9.17, 15) is 18.8 Å². The fourth-order valence-electron chi connectivity index (χ4n) is 3.47. The van der Waals surface area contributed by atoms with E-state index in [1.165, 1.54) is 10.9 Å². The van der Waals surface area contributed by atoms with Crippen LogP contribution in [0.1, 0.15) is 20.1 Å². The molecule has 172 valence electrons. The number of aromatic nitrogens is 4. The zero-order valence-corrected chi connectivity index (χ0v) is 17.8. The Morgan fingerprint density at radius 3 is 2.65 bits per heavy atom. The van der Waals surface area contributed by atoms with Crippen LogP contribution in [0.25, 0.3) is 11.2 Å². The minimum atomic E-state index is -5.28. The lowest BCUT2D eigenvalue weighted by Gasteiger charge is -2.25. The highest BCUT2D eigenvalue weighted by atomic mass is 31.3. The average molecular weight is 483 g/mol. The normalized spacial score (nSPS) is 29.8. The number of nitrogens with two attached hydrogens (primary N) is 1. The Morgan fingerprint density at radius 2 is 1.97 bits per heavy atom. The van der Waals surface area contributed by atoms with Crippen molar-refractivity contribution in [2.24, 2.45) is 0 Å². The molecule has 18 heteroatoms. The van der Waals surface area contributed by atoms with Gasteiger partial charge in [0.05, 0.1) is 12.9 Å². The monoisotopic (exact) mass is 483 g/mol. The number of fused-ring (bicyclic) bond motifs is 2. The number of hydrogen-bond acceptors (Lipinski definition) is 11. The minimum Gasteiger partial charge on any atom is -0.369 e. The molecule has 0 amide bonds. The molecule has 5 atom stereocenters. The Hall–Kier alpha value is -1.71. The number of anilines is 1. The molecule has 0 spiro atoms. The molecule has 6 N–H and O–H groups in total. The minimum absolute atomic E-state index is 0.00197. The van der Waals surface area contributed by atoms with Crippen LogP contribution in [-0.4, -0.2) is 64.9 Å². The van der Waals surface area contributed by atoms with Gasteiger partial charge in [0, 0.05) is 0 Å². The maximum atomic E-state index is 12.0. The van der Waals surface area contributed by atoms with Gasteiger partial charge in [-0.05, 0) is 13.8 Å². The van der Waals surface area contributed by atoms with Crippen molar-refractivity contribution in [3.05, 3.63) is 16.7 Å². The lowest BCUT2D eigenvalue weighted by Crippen LogP contribution is -2.32. The highest BCUT2D eigenvalue weighted by Gasteiger charge is 2.56. The average Bonchev–Trinajstić information content (AvgIpc) is 3.22. The van der Waals surface area contributed by atoms with Crippen LogP contribution in [0, 0.1) is 0 Å². The molecule has 2 aliphatic rings. The van der Waals surface area contributed by atoms with Gasteiger partial charge in [0.1, 0.15) is 18.3 Å². The number of ether oxygens (including phenoxy) is 3. The fraction of sp³-hybridized carbons (Fsp3) is 0.615. The van der Waals surface area contributed by atoms with Crippen LogP contribution < -0.4 is 11.3 Å². The largest absolute Gasteiger partial charge is 0.481 e. The first-order valence-corrected chi connectivity index (χ1v) is 11.7. The Balaban J connectivity index is 1.62. The zero-order valence-electron chi connectivity index (χ0n) is 16.0. The summed E-state index contributed by atoms with van der Waals surface area (Å²) in [5, 5.41) is 0. The lowest BCUT2D eigenvalue weighted by molar-refractivity contribution is -0.199. The van der Waals surface area contributed by atoms with E-state index in [1.54, 1.807) is 13.8 Å². The smallest absolute Gasteiger partial charge is 0.369 e. The molecule has 4 rings (SSSR count). The van der Waals surface area contributed by atoms with Crippen LogP contribution in [-0.2, 0) is 32.2 Å². The zero-order chi connectivity index (χ0) is 22.8. The number of aromatic amines is 1. The Morgan fingerprint density at radius 1 is 1.29 bits per heavy atom. The van der Waals surface area contributed by atoms with Crippen molar-refractivity contribution in [1.82, 2.24) is 19.5 Å². The van der Waals surface area contributed by atoms with E-state index in [-0.39, 0.29) is 17.1 Å². The summed E-state index contributed by atoms with van der Waals surface area (Å²) in [6, 6.07) is 0. The van der Waals surface area contributed by atoms with E-state index in [0.29, 0.717) is 0 Å². The quantitative estimate of drug-likeness (QED) is 0.321. The summed E-state index contributed by atoms with van der Waals surface area (Å²) in [6.07, 6.45) is -2.26. The van der Waals surface area contributed by atoms with E-state index in [1.807, 2.05) is 0 Å². The van der Waals surface area contributed by atoms with Gasteiger partial charge >= 0.3 is 15.6 Å². The molecule has 2 saturated heterocycles. The standard InChI is InChI=1S/C13H19N5O11P2/c1-13(2)27-7-5(3-25-31(23,24)29-30(20,21)22)26-11(8(7)28-13)18-4-15-6-9(18)16-12(14)17-10(6)19/h4-5,7-8,11H,3H2,1-2H3,(H,23,24)(H2,20,21,22)(H3,14,16,17,19). The number of H-pyrrole nitrogens is 1. The van der Waals surface area contributed by atoms with Crippen LogP contribution in [0.15, 0.2) is 11.1 Å². The number of phosphoric acid groups is 2. The second-order valence-electron chi connectivity index (χ2n) is 7.24. The van der Waals surface area contributed by atoms with Crippen molar-refractivity contribution in [1.29, 1.82) is 0 Å². The second-order valence-corrected chi connectivity index (χ2v) is 10.1. The molecule has 2 aliphatic heterocycles. The van der Waals surface area contributed by atoms with Crippen molar-refractivity contribution >= 4 is 32.8 Å². The van der Waals surface area contributed by atoms with Gasteiger partial charge in [0.25, 0.3) is 5.56 Å². The number of rotatable bonds is 6. The number of imidazole rings is 1. The maximum Gasteiger partial charge on any atom is 0.481 e. The van der Waals surface area contributed by atoms with Crippen LogP contribution in [0.2, 0.25) is 0 Å². The lowest BCUT2D eigenvalue weighted by atomic mass is 10.1. The summed E-state index contributed by atoms with van der Waals surface area (Å²) in [5.41, 5.74) is 5.16. The molecule has 4 heterocycles. The predicted molar refractivity (Wildman–Crippen MR) is 99.2 cm³/mol. The van der Waals surface area contributed by atoms with Crippen molar-refractivity contribution in [2.45, 2.75) is 44.2 Å². The third kappa shape index (κ3) is 4.59. The number of hydrogen-bond donors (Lipinski definition) is 5. The summed E-state index contributed by atoms with van der Waals surface area (Å²) in [6.45, 7) is 2.65. The van der Waals surface area contributed by atoms with Gasteiger partial charge in [0.15, 0.2) is 23.2 Å². The number of nitrogens with zero attached hydrogens (tertiary/aromatic N) is 3. The van der Waals surface area contributed by atoms with Crippen LogP contribution in [0.3, 0.4) is 0 Å². The highest BCUT2D eigenvalue weighted by Crippen LogP contribution is 2.58. The summed E-state index contributed by atoms with van der Waals surface area (Å²) < 4.78 is 50.0. The SMILES string of the molecule is CC1(C)OC2C(COP(=O)(O)OP(=O)(O)O)OC(n3cnc4c(=O)[nH]c(N)nc43)C2O1. The first-order chi connectivity index (χ1) is 14.2. The van der Waals surface area contributed by atoms with E-state index < -0.39 is 58.1 Å². The molecule has 0 aliphatic carbocycles.